The summed E-state index contributed by atoms with van der Waals surface area (Å²) in [6.45, 7) is 5.48. The molecule has 1 aromatic heterocycles. The van der Waals surface area contributed by atoms with Crippen molar-refractivity contribution in [3.8, 4) is 0 Å². The van der Waals surface area contributed by atoms with Crippen LogP contribution >= 0.6 is 0 Å². The third-order valence-corrected chi connectivity index (χ3v) is 2.22. The quantitative estimate of drug-likeness (QED) is 0.804. The van der Waals surface area contributed by atoms with E-state index in [-0.39, 0.29) is 6.04 Å². The minimum atomic E-state index is -0.812. The molecule has 1 unspecified atom stereocenters. The highest BCUT2D eigenvalue weighted by Gasteiger charge is 2.32. The predicted octanol–water partition coefficient (Wildman–Crippen LogP) is 1.96. The van der Waals surface area contributed by atoms with Gasteiger partial charge in [-0.2, -0.15) is 0 Å². The van der Waals surface area contributed by atoms with Gasteiger partial charge in [0.15, 0.2) is 0 Å². The van der Waals surface area contributed by atoms with Crippen LogP contribution in [-0.2, 0) is 0 Å². The van der Waals surface area contributed by atoms with Crippen LogP contribution in [0.4, 0.5) is 0 Å². The standard InChI is InChI=1S/C11H19NO2/c1-8-6-7-9(14-8)10(12(4)5)11(2,3)13/h6-7,10,13H,1-5H3. The molecule has 0 aliphatic rings. The molecule has 1 heterocycles. The van der Waals surface area contributed by atoms with Crippen LogP contribution < -0.4 is 0 Å². The van der Waals surface area contributed by atoms with Gasteiger partial charge in [0.2, 0.25) is 0 Å². The molecule has 3 nitrogen and oxygen atoms in total. The van der Waals surface area contributed by atoms with Crippen LogP contribution in [0, 0.1) is 6.92 Å². The van der Waals surface area contributed by atoms with Gasteiger partial charge in [-0.15, -0.1) is 0 Å². The molecule has 0 spiro atoms. The predicted molar refractivity (Wildman–Crippen MR) is 56.2 cm³/mol. The van der Waals surface area contributed by atoms with Crippen molar-refractivity contribution in [1.29, 1.82) is 0 Å². The molecule has 0 fully saturated rings. The van der Waals surface area contributed by atoms with E-state index in [9.17, 15) is 5.11 Å². The van der Waals surface area contributed by atoms with E-state index in [1.165, 1.54) is 0 Å². The Bertz CT molecular complexity index is 296. The van der Waals surface area contributed by atoms with Crippen molar-refractivity contribution in [2.45, 2.75) is 32.4 Å². The van der Waals surface area contributed by atoms with Gasteiger partial charge in [-0.3, -0.25) is 4.90 Å². The molecule has 0 aliphatic heterocycles. The van der Waals surface area contributed by atoms with E-state index in [4.69, 9.17) is 4.42 Å². The Morgan fingerprint density at radius 2 is 1.93 bits per heavy atom. The lowest BCUT2D eigenvalue weighted by Gasteiger charge is -2.32. The van der Waals surface area contributed by atoms with Crippen molar-refractivity contribution < 1.29 is 9.52 Å². The fourth-order valence-electron chi connectivity index (χ4n) is 1.83. The third kappa shape index (κ3) is 2.36. The first kappa shape index (κ1) is 11.3. The Morgan fingerprint density at radius 3 is 2.21 bits per heavy atom. The highest BCUT2D eigenvalue weighted by Crippen LogP contribution is 2.30. The number of furan rings is 1. The van der Waals surface area contributed by atoms with Gasteiger partial charge >= 0.3 is 0 Å². The van der Waals surface area contributed by atoms with Gasteiger partial charge in [-0.25, -0.2) is 0 Å². The Morgan fingerprint density at radius 1 is 1.36 bits per heavy atom. The lowest BCUT2D eigenvalue weighted by molar-refractivity contribution is -0.0124. The van der Waals surface area contributed by atoms with Gasteiger partial charge in [0, 0.05) is 0 Å². The summed E-state index contributed by atoms with van der Waals surface area (Å²) in [4.78, 5) is 1.96. The fraction of sp³-hybridized carbons (Fsp3) is 0.636. The van der Waals surface area contributed by atoms with Crippen LogP contribution in [0.15, 0.2) is 16.5 Å². The van der Waals surface area contributed by atoms with Crippen molar-refractivity contribution in [1.82, 2.24) is 4.90 Å². The molecule has 0 amide bonds. The summed E-state index contributed by atoms with van der Waals surface area (Å²) < 4.78 is 5.53. The highest BCUT2D eigenvalue weighted by atomic mass is 16.3. The monoisotopic (exact) mass is 197 g/mol. The largest absolute Gasteiger partial charge is 0.465 e. The first-order valence-corrected chi connectivity index (χ1v) is 4.77. The zero-order valence-corrected chi connectivity index (χ0v) is 9.53. The first-order valence-electron chi connectivity index (χ1n) is 4.77. The molecular formula is C11H19NO2. The van der Waals surface area contributed by atoms with E-state index in [1.54, 1.807) is 13.8 Å². The second-order valence-corrected chi connectivity index (χ2v) is 4.47. The maximum atomic E-state index is 10.0. The van der Waals surface area contributed by atoms with E-state index in [0.29, 0.717) is 0 Å². The Labute approximate surface area is 85.3 Å². The zero-order chi connectivity index (χ0) is 10.9. The molecule has 14 heavy (non-hydrogen) atoms. The Hall–Kier alpha value is -0.800. The number of likely N-dealkylation sites (N-methyl/N-ethyl adjacent to an activating group) is 1. The van der Waals surface area contributed by atoms with E-state index in [2.05, 4.69) is 0 Å². The second-order valence-electron chi connectivity index (χ2n) is 4.47. The summed E-state index contributed by atoms with van der Waals surface area (Å²) in [6, 6.07) is 3.71. The Balaban J connectivity index is 3.01. The topological polar surface area (TPSA) is 36.6 Å². The number of aliphatic hydroxyl groups is 1. The summed E-state index contributed by atoms with van der Waals surface area (Å²) in [7, 11) is 3.86. The SMILES string of the molecule is Cc1ccc(C(N(C)C)C(C)(C)O)o1. The number of nitrogens with zero attached hydrogens (tertiary/aromatic N) is 1. The number of aryl methyl sites for hydroxylation is 1. The molecule has 1 aromatic rings. The van der Waals surface area contributed by atoms with Crippen LogP contribution in [0.5, 0.6) is 0 Å². The van der Waals surface area contributed by atoms with Crippen molar-refractivity contribution >= 4 is 0 Å². The second kappa shape index (κ2) is 3.75. The molecule has 0 aromatic carbocycles. The maximum Gasteiger partial charge on any atom is 0.124 e. The average molecular weight is 197 g/mol. The van der Waals surface area contributed by atoms with E-state index >= 15 is 0 Å². The van der Waals surface area contributed by atoms with E-state index in [1.807, 2.05) is 38.1 Å². The fourth-order valence-corrected chi connectivity index (χ4v) is 1.83. The van der Waals surface area contributed by atoms with Crippen LogP contribution in [0.1, 0.15) is 31.4 Å². The molecule has 0 aliphatic carbocycles. The first-order chi connectivity index (χ1) is 6.32. The van der Waals surface area contributed by atoms with Crippen molar-refractivity contribution in [3.05, 3.63) is 23.7 Å². The summed E-state index contributed by atoms with van der Waals surface area (Å²) in [5.74, 6) is 1.68. The molecule has 1 rings (SSSR count). The Kier molecular flexibility index (Phi) is 3.02. The maximum absolute atomic E-state index is 10.0. The summed E-state index contributed by atoms with van der Waals surface area (Å²) in [6.07, 6.45) is 0. The number of hydrogen-bond donors (Lipinski definition) is 1. The lowest BCUT2D eigenvalue weighted by Crippen LogP contribution is -2.38. The average Bonchev–Trinajstić information content (AvgIpc) is 2.31. The molecule has 0 saturated heterocycles. The van der Waals surface area contributed by atoms with E-state index < -0.39 is 5.60 Å². The lowest BCUT2D eigenvalue weighted by atomic mass is 9.96. The molecule has 0 bridgehead atoms. The van der Waals surface area contributed by atoms with Gasteiger partial charge in [0.1, 0.15) is 11.5 Å². The number of hydrogen-bond acceptors (Lipinski definition) is 3. The van der Waals surface area contributed by atoms with Gasteiger partial charge in [0.25, 0.3) is 0 Å². The summed E-state index contributed by atoms with van der Waals surface area (Å²) >= 11 is 0. The van der Waals surface area contributed by atoms with Crippen molar-refractivity contribution in [2.24, 2.45) is 0 Å². The van der Waals surface area contributed by atoms with Gasteiger partial charge < -0.3 is 9.52 Å². The van der Waals surface area contributed by atoms with E-state index in [0.717, 1.165) is 11.5 Å². The van der Waals surface area contributed by atoms with Crippen molar-refractivity contribution in [2.75, 3.05) is 14.1 Å². The van der Waals surface area contributed by atoms with Gasteiger partial charge in [0.05, 0.1) is 11.6 Å². The molecule has 80 valence electrons. The highest BCUT2D eigenvalue weighted by molar-refractivity contribution is 5.12. The molecular weight excluding hydrogens is 178 g/mol. The molecule has 3 heteroatoms. The summed E-state index contributed by atoms with van der Waals surface area (Å²) in [5.41, 5.74) is -0.812. The van der Waals surface area contributed by atoms with Gasteiger partial charge in [-0.05, 0) is 47.0 Å². The molecule has 1 atom stereocenters. The van der Waals surface area contributed by atoms with Crippen molar-refractivity contribution in [3.63, 3.8) is 0 Å². The normalized spacial score (nSPS) is 14.8. The number of rotatable bonds is 3. The minimum Gasteiger partial charge on any atom is -0.465 e. The molecule has 0 saturated carbocycles. The van der Waals surface area contributed by atoms with Crippen LogP contribution in [0.25, 0.3) is 0 Å². The summed E-state index contributed by atoms with van der Waals surface area (Å²) in [5, 5.41) is 10.0. The third-order valence-electron chi connectivity index (χ3n) is 2.22. The molecule has 0 radical (unpaired) electrons. The van der Waals surface area contributed by atoms with Gasteiger partial charge in [-0.1, -0.05) is 0 Å². The van der Waals surface area contributed by atoms with Crippen LogP contribution in [-0.4, -0.2) is 29.7 Å². The minimum absolute atomic E-state index is 0.115. The van der Waals surface area contributed by atoms with Crippen LogP contribution in [0.3, 0.4) is 0 Å². The molecule has 1 N–H and O–H groups in total. The van der Waals surface area contributed by atoms with Crippen LogP contribution in [0.2, 0.25) is 0 Å². The smallest absolute Gasteiger partial charge is 0.124 e. The zero-order valence-electron chi connectivity index (χ0n) is 9.53.